The van der Waals surface area contributed by atoms with Crippen molar-refractivity contribution in [3.63, 3.8) is 0 Å². The first-order valence-corrected chi connectivity index (χ1v) is 10.9. The van der Waals surface area contributed by atoms with Crippen LogP contribution in [0.15, 0.2) is 0 Å². The van der Waals surface area contributed by atoms with Gasteiger partial charge in [-0.2, -0.15) is 29.9 Å². The van der Waals surface area contributed by atoms with E-state index >= 15 is 0 Å². The molecule has 0 bridgehead atoms. The van der Waals surface area contributed by atoms with Gasteiger partial charge in [-0.05, 0) is 73.3 Å². The fraction of sp³-hybridized carbons (Fsp3) is 0. The third-order valence-corrected chi connectivity index (χ3v) is 4.52. The van der Waals surface area contributed by atoms with E-state index in [4.69, 9.17) is 73.3 Å². The van der Waals surface area contributed by atoms with Gasteiger partial charge in [0.05, 0.1) is 0 Å². The second kappa shape index (κ2) is 9.72. The second-order valence-electron chi connectivity index (χ2n) is 5.72. The van der Waals surface area contributed by atoms with Crippen LogP contribution < -0.4 is 16.0 Å². The standard InChI is InChI=1S/C12H9N15S6/c28-7-19-4(20-8(29)25-7)16-1-13-2(17-5-21-9(30)26-10(31)22-5)15-3(14-1)18-6-23-11(32)27-12(33)24-6/h(H9,13,14,15,16,17,18,19,20,21,22,23,24,25,26,27,28,29,30,31,32,33). The first kappa shape index (κ1) is 22.9. The molecule has 15 nitrogen and oxygen atoms in total. The zero-order chi connectivity index (χ0) is 23.5. The Morgan fingerprint density at radius 2 is 0.667 bits per heavy atom. The van der Waals surface area contributed by atoms with Crippen LogP contribution in [0, 0.1) is 28.6 Å². The molecular formula is C12H9N15S6. The van der Waals surface area contributed by atoms with Crippen LogP contribution in [-0.4, -0.2) is 59.8 Å². The molecule has 4 aromatic heterocycles. The molecule has 0 radical (unpaired) electrons. The van der Waals surface area contributed by atoms with Crippen molar-refractivity contribution in [2.75, 3.05) is 16.0 Å². The fourth-order valence-electron chi connectivity index (χ4n) is 2.22. The van der Waals surface area contributed by atoms with Gasteiger partial charge in [-0.15, -0.1) is 0 Å². The molecule has 4 heterocycles. The Morgan fingerprint density at radius 1 is 0.394 bits per heavy atom. The summed E-state index contributed by atoms with van der Waals surface area (Å²) >= 11 is 30.3. The highest BCUT2D eigenvalue weighted by Crippen LogP contribution is 2.16. The number of hydrogen-bond acceptors (Lipinski definition) is 15. The molecule has 4 rings (SSSR count). The molecule has 0 spiro atoms. The molecule has 21 heteroatoms. The maximum Gasteiger partial charge on any atom is 0.236 e. The van der Waals surface area contributed by atoms with Gasteiger partial charge in [0, 0.05) is 0 Å². The topological polar surface area (TPSA) is 208 Å². The van der Waals surface area contributed by atoms with Crippen molar-refractivity contribution in [1.82, 2.24) is 59.8 Å². The van der Waals surface area contributed by atoms with Gasteiger partial charge in [-0.25, -0.2) is 0 Å². The maximum absolute atomic E-state index is 5.07. The summed E-state index contributed by atoms with van der Waals surface area (Å²) in [6, 6.07) is 0. The number of anilines is 6. The molecule has 168 valence electrons. The van der Waals surface area contributed by atoms with E-state index in [1.165, 1.54) is 0 Å². The number of nitrogens with zero attached hydrogens (tertiary/aromatic N) is 6. The van der Waals surface area contributed by atoms with Crippen LogP contribution in [0.4, 0.5) is 35.7 Å². The average Bonchev–Trinajstić information content (AvgIpc) is 2.65. The second-order valence-corrected chi connectivity index (χ2v) is 8.10. The van der Waals surface area contributed by atoms with E-state index in [9.17, 15) is 0 Å². The van der Waals surface area contributed by atoms with Crippen molar-refractivity contribution in [1.29, 1.82) is 0 Å². The van der Waals surface area contributed by atoms with Crippen LogP contribution in [0.25, 0.3) is 0 Å². The molecule has 0 unspecified atom stereocenters. The summed E-state index contributed by atoms with van der Waals surface area (Å²) < 4.78 is 1.27. The fourth-order valence-corrected chi connectivity index (χ4v) is 3.57. The quantitative estimate of drug-likeness (QED) is 0.156. The maximum atomic E-state index is 5.07. The number of aromatic nitrogens is 12. The number of H-pyrrole nitrogens is 6. The van der Waals surface area contributed by atoms with Gasteiger partial charge in [-0.3, -0.25) is 16.0 Å². The van der Waals surface area contributed by atoms with Crippen LogP contribution in [-0.2, 0) is 0 Å². The predicted octanol–water partition coefficient (Wildman–Crippen LogP) is 3.63. The lowest BCUT2D eigenvalue weighted by atomic mass is 10.7. The van der Waals surface area contributed by atoms with E-state index in [2.05, 4.69) is 75.8 Å². The highest BCUT2D eigenvalue weighted by Gasteiger charge is 2.11. The van der Waals surface area contributed by atoms with Crippen LogP contribution in [0.1, 0.15) is 0 Å². The van der Waals surface area contributed by atoms with E-state index < -0.39 is 0 Å². The normalized spacial score (nSPS) is 10.5. The summed E-state index contributed by atoms with van der Waals surface area (Å²) in [5.41, 5.74) is 0. The number of aromatic amines is 6. The third-order valence-electron chi connectivity index (χ3n) is 3.32. The van der Waals surface area contributed by atoms with Crippen molar-refractivity contribution in [3.8, 4) is 0 Å². The minimum absolute atomic E-state index is 0.0631. The lowest BCUT2D eigenvalue weighted by molar-refractivity contribution is 0.969. The van der Waals surface area contributed by atoms with Crippen molar-refractivity contribution in [2.24, 2.45) is 0 Å². The Morgan fingerprint density at radius 3 is 0.909 bits per heavy atom. The molecular weight excluding hydrogens is 547 g/mol. The molecule has 0 fully saturated rings. The number of rotatable bonds is 6. The highest BCUT2D eigenvalue weighted by atomic mass is 32.1. The molecule has 4 aromatic rings. The Bertz CT molecular complexity index is 1390. The van der Waals surface area contributed by atoms with Crippen molar-refractivity contribution in [3.05, 3.63) is 28.6 Å². The Hall–Kier alpha value is -3.24. The molecule has 33 heavy (non-hydrogen) atoms. The summed E-state index contributed by atoms with van der Waals surface area (Å²) in [5.74, 6) is 0.790. The Kier molecular flexibility index (Phi) is 6.75. The first-order valence-electron chi connectivity index (χ1n) is 8.41. The van der Waals surface area contributed by atoms with Gasteiger partial charge in [0.2, 0.25) is 50.0 Å². The van der Waals surface area contributed by atoms with Crippen molar-refractivity contribution in [2.45, 2.75) is 0 Å². The Labute approximate surface area is 212 Å². The molecule has 9 N–H and O–H groups in total. The zero-order valence-electron chi connectivity index (χ0n) is 15.6. The van der Waals surface area contributed by atoms with E-state index in [1.807, 2.05) is 0 Å². The van der Waals surface area contributed by atoms with Gasteiger partial charge in [0.25, 0.3) is 0 Å². The lowest BCUT2D eigenvalue weighted by Gasteiger charge is -2.10. The summed E-state index contributed by atoms with van der Waals surface area (Å²) in [7, 11) is 0. The SMILES string of the molecule is S=c1nc(Nc2nc(Nc3nc(=S)[nH]c(=S)[nH]3)nc(Nc3nc(=S)[nH]c(=S)[nH]3)n2)[nH]c(=S)[nH]1. The number of nitrogens with one attached hydrogen (secondary N) is 9. The molecule has 0 atom stereocenters. The van der Waals surface area contributed by atoms with Crippen LogP contribution in [0.2, 0.25) is 0 Å². The predicted molar refractivity (Wildman–Crippen MR) is 133 cm³/mol. The minimum atomic E-state index is 0.0631. The molecule has 0 aliphatic rings. The van der Waals surface area contributed by atoms with E-state index in [1.54, 1.807) is 0 Å². The van der Waals surface area contributed by atoms with Crippen LogP contribution in [0.3, 0.4) is 0 Å². The van der Waals surface area contributed by atoms with Crippen molar-refractivity contribution >= 4 is 109 Å². The minimum Gasteiger partial charge on any atom is -0.308 e. The van der Waals surface area contributed by atoms with Gasteiger partial charge >= 0.3 is 0 Å². The van der Waals surface area contributed by atoms with Crippen LogP contribution in [0.5, 0.6) is 0 Å². The van der Waals surface area contributed by atoms with Crippen molar-refractivity contribution < 1.29 is 0 Å². The summed E-state index contributed by atoms with van der Waals surface area (Å²) in [6.07, 6.45) is 0. The van der Waals surface area contributed by atoms with Gasteiger partial charge in [-0.1, -0.05) is 0 Å². The summed E-state index contributed by atoms with van der Waals surface area (Å²) in [5, 5.41) is 8.60. The Balaban J connectivity index is 1.75. The van der Waals surface area contributed by atoms with Gasteiger partial charge < -0.3 is 29.9 Å². The lowest BCUT2D eigenvalue weighted by Crippen LogP contribution is -2.11. The highest BCUT2D eigenvalue weighted by molar-refractivity contribution is 7.72. The van der Waals surface area contributed by atoms with E-state index in [0.29, 0.717) is 0 Å². The molecule has 0 aliphatic carbocycles. The smallest absolute Gasteiger partial charge is 0.236 e. The first-order chi connectivity index (χ1) is 15.7. The van der Waals surface area contributed by atoms with Crippen LogP contribution >= 0.6 is 73.3 Å². The molecule has 0 amide bonds. The third kappa shape index (κ3) is 6.39. The zero-order valence-corrected chi connectivity index (χ0v) is 20.5. The average molecular weight is 556 g/mol. The molecule has 0 saturated heterocycles. The van der Waals surface area contributed by atoms with Gasteiger partial charge in [0.15, 0.2) is 14.3 Å². The molecule has 0 saturated carbocycles. The molecule has 0 aliphatic heterocycles. The van der Waals surface area contributed by atoms with E-state index in [0.717, 1.165) is 0 Å². The summed E-state index contributed by atoms with van der Waals surface area (Å²) in [6.45, 7) is 0. The van der Waals surface area contributed by atoms with Gasteiger partial charge in [0.1, 0.15) is 0 Å². The molecule has 0 aromatic carbocycles. The number of hydrogen-bond donors (Lipinski definition) is 9. The summed E-state index contributed by atoms with van der Waals surface area (Å²) in [4.78, 5) is 41.5. The van der Waals surface area contributed by atoms with E-state index in [-0.39, 0.29) is 64.3 Å². The largest absolute Gasteiger partial charge is 0.308 e. The monoisotopic (exact) mass is 555 g/mol.